The van der Waals surface area contributed by atoms with Crippen LogP contribution in [0.3, 0.4) is 0 Å². The average Bonchev–Trinajstić information content (AvgIpc) is 2.69. The zero-order valence-electron chi connectivity index (χ0n) is 15.5. The maximum absolute atomic E-state index is 12.1. The molecule has 0 aliphatic rings. The van der Waals surface area contributed by atoms with Gasteiger partial charge in [-0.05, 0) is 43.0 Å². The van der Waals surface area contributed by atoms with Gasteiger partial charge in [0.05, 0.1) is 6.42 Å². The number of benzene rings is 2. The van der Waals surface area contributed by atoms with Gasteiger partial charge in [-0.25, -0.2) is 0 Å². The minimum absolute atomic E-state index is 0.100. The number of carbonyl (C=O) groups is 1. The SMILES string of the molecule is Cc1ccc(CC(=O)Nc2ccc(NCCCc3ccccc3)nn2)cc1. The number of nitrogens with zero attached hydrogens (tertiary/aromatic N) is 2. The lowest BCUT2D eigenvalue weighted by Gasteiger charge is -2.07. The normalized spacial score (nSPS) is 10.4. The molecule has 0 fully saturated rings. The topological polar surface area (TPSA) is 66.9 Å². The third-order valence-electron chi connectivity index (χ3n) is 4.21. The summed E-state index contributed by atoms with van der Waals surface area (Å²) in [6, 6.07) is 21.9. The lowest BCUT2D eigenvalue weighted by atomic mass is 10.1. The van der Waals surface area contributed by atoms with Crippen LogP contribution in [-0.4, -0.2) is 22.6 Å². The lowest BCUT2D eigenvalue weighted by Crippen LogP contribution is -2.16. The fourth-order valence-corrected chi connectivity index (χ4v) is 2.73. The van der Waals surface area contributed by atoms with E-state index in [0.717, 1.165) is 24.9 Å². The quantitative estimate of drug-likeness (QED) is 0.596. The smallest absolute Gasteiger partial charge is 0.229 e. The summed E-state index contributed by atoms with van der Waals surface area (Å²) in [4.78, 5) is 12.1. The minimum atomic E-state index is -0.100. The zero-order chi connectivity index (χ0) is 18.9. The van der Waals surface area contributed by atoms with Crippen LogP contribution in [0.2, 0.25) is 0 Å². The first-order valence-electron chi connectivity index (χ1n) is 9.16. The molecule has 0 aliphatic heterocycles. The highest BCUT2D eigenvalue weighted by molar-refractivity contribution is 5.91. The van der Waals surface area contributed by atoms with Crippen LogP contribution < -0.4 is 10.6 Å². The van der Waals surface area contributed by atoms with E-state index in [1.165, 1.54) is 11.1 Å². The first kappa shape index (κ1) is 18.6. The van der Waals surface area contributed by atoms with Gasteiger partial charge in [0, 0.05) is 6.54 Å². The fourth-order valence-electron chi connectivity index (χ4n) is 2.73. The Morgan fingerprint density at radius 3 is 2.26 bits per heavy atom. The van der Waals surface area contributed by atoms with Crippen LogP contribution in [0.4, 0.5) is 11.6 Å². The van der Waals surface area contributed by atoms with Crippen LogP contribution >= 0.6 is 0 Å². The van der Waals surface area contributed by atoms with E-state index in [0.29, 0.717) is 18.1 Å². The van der Waals surface area contributed by atoms with Crippen molar-refractivity contribution in [3.05, 3.63) is 83.4 Å². The summed E-state index contributed by atoms with van der Waals surface area (Å²) in [5.41, 5.74) is 3.48. The molecule has 0 saturated carbocycles. The van der Waals surface area contributed by atoms with E-state index in [2.05, 4.69) is 45.1 Å². The molecule has 1 amide bonds. The molecule has 1 heterocycles. The van der Waals surface area contributed by atoms with Gasteiger partial charge in [-0.2, -0.15) is 0 Å². The molecular weight excluding hydrogens is 336 g/mol. The Kier molecular flexibility index (Phi) is 6.52. The summed E-state index contributed by atoms with van der Waals surface area (Å²) in [6.07, 6.45) is 2.36. The Bertz CT molecular complexity index is 846. The van der Waals surface area contributed by atoms with E-state index in [4.69, 9.17) is 0 Å². The number of hydrogen-bond donors (Lipinski definition) is 2. The first-order chi connectivity index (χ1) is 13.2. The van der Waals surface area contributed by atoms with Crippen molar-refractivity contribution in [3.63, 3.8) is 0 Å². The van der Waals surface area contributed by atoms with Crippen LogP contribution in [0.1, 0.15) is 23.1 Å². The molecule has 0 saturated heterocycles. The van der Waals surface area contributed by atoms with Crippen molar-refractivity contribution in [2.75, 3.05) is 17.2 Å². The number of anilines is 2. The molecule has 5 nitrogen and oxygen atoms in total. The highest BCUT2D eigenvalue weighted by Gasteiger charge is 2.06. The Labute approximate surface area is 159 Å². The first-order valence-corrected chi connectivity index (χ1v) is 9.16. The maximum atomic E-state index is 12.1. The number of nitrogens with one attached hydrogen (secondary N) is 2. The van der Waals surface area contributed by atoms with E-state index >= 15 is 0 Å². The van der Waals surface area contributed by atoms with Gasteiger partial charge in [0.2, 0.25) is 5.91 Å². The van der Waals surface area contributed by atoms with Crippen molar-refractivity contribution in [3.8, 4) is 0 Å². The second-order valence-corrected chi connectivity index (χ2v) is 6.53. The highest BCUT2D eigenvalue weighted by atomic mass is 16.1. The molecular formula is C22H24N4O. The Hall–Kier alpha value is -3.21. The third kappa shape index (κ3) is 6.22. The minimum Gasteiger partial charge on any atom is -0.369 e. The number of amides is 1. The molecule has 27 heavy (non-hydrogen) atoms. The van der Waals surface area contributed by atoms with Crippen LogP contribution in [0.25, 0.3) is 0 Å². The summed E-state index contributed by atoms with van der Waals surface area (Å²) in [6.45, 7) is 2.85. The molecule has 2 N–H and O–H groups in total. The molecule has 0 atom stereocenters. The van der Waals surface area contributed by atoms with E-state index in [-0.39, 0.29) is 5.91 Å². The van der Waals surface area contributed by atoms with Gasteiger partial charge in [0.25, 0.3) is 0 Å². The summed E-state index contributed by atoms with van der Waals surface area (Å²) in [5.74, 6) is 1.07. The number of hydrogen-bond acceptors (Lipinski definition) is 4. The van der Waals surface area contributed by atoms with Crippen LogP contribution in [0.5, 0.6) is 0 Å². The fraction of sp³-hybridized carbons (Fsp3) is 0.227. The predicted molar refractivity (Wildman–Crippen MR) is 109 cm³/mol. The lowest BCUT2D eigenvalue weighted by molar-refractivity contribution is -0.115. The van der Waals surface area contributed by atoms with E-state index in [1.54, 1.807) is 6.07 Å². The summed E-state index contributed by atoms with van der Waals surface area (Å²) in [5, 5.41) is 14.2. The number of rotatable bonds is 8. The van der Waals surface area contributed by atoms with E-state index in [1.807, 2.05) is 43.3 Å². The molecule has 0 aliphatic carbocycles. The number of carbonyl (C=O) groups excluding carboxylic acids is 1. The summed E-state index contributed by atoms with van der Waals surface area (Å²) in [7, 11) is 0. The van der Waals surface area contributed by atoms with Gasteiger partial charge in [-0.15, -0.1) is 10.2 Å². The molecule has 0 radical (unpaired) electrons. The summed E-state index contributed by atoms with van der Waals surface area (Å²) >= 11 is 0. The second-order valence-electron chi connectivity index (χ2n) is 6.53. The molecule has 3 aromatic rings. The average molecular weight is 360 g/mol. The van der Waals surface area contributed by atoms with Gasteiger partial charge in [0.1, 0.15) is 5.82 Å². The Morgan fingerprint density at radius 1 is 0.852 bits per heavy atom. The largest absolute Gasteiger partial charge is 0.369 e. The second kappa shape index (κ2) is 9.48. The monoisotopic (exact) mass is 360 g/mol. The van der Waals surface area contributed by atoms with Gasteiger partial charge in [-0.3, -0.25) is 4.79 Å². The van der Waals surface area contributed by atoms with Crippen molar-refractivity contribution in [2.24, 2.45) is 0 Å². The number of aryl methyl sites for hydroxylation is 2. The van der Waals surface area contributed by atoms with Crippen LogP contribution in [0, 0.1) is 6.92 Å². The van der Waals surface area contributed by atoms with Crippen molar-refractivity contribution >= 4 is 17.5 Å². The molecule has 1 aromatic heterocycles. The maximum Gasteiger partial charge on any atom is 0.229 e. The van der Waals surface area contributed by atoms with Crippen LogP contribution in [-0.2, 0) is 17.6 Å². The van der Waals surface area contributed by atoms with Crippen molar-refractivity contribution in [1.82, 2.24) is 10.2 Å². The molecule has 138 valence electrons. The Balaban J connectivity index is 1.41. The third-order valence-corrected chi connectivity index (χ3v) is 4.21. The van der Waals surface area contributed by atoms with Gasteiger partial charge in [-0.1, -0.05) is 60.2 Å². The predicted octanol–water partition coefficient (Wildman–Crippen LogP) is 4.01. The van der Waals surface area contributed by atoms with Crippen molar-refractivity contribution in [1.29, 1.82) is 0 Å². The molecule has 2 aromatic carbocycles. The molecule has 0 unspecified atom stereocenters. The molecule has 0 spiro atoms. The molecule has 0 bridgehead atoms. The van der Waals surface area contributed by atoms with E-state index < -0.39 is 0 Å². The summed E-state index contributed by atoms with van der Waals surface area (Å²) < 4.78 is 0. The van der Waals surface area contributed by atoms with Gasteiger partial charge >= 0.3 is 0 Å². The molecule has 5 heteroatoms. The van der Waals surface area contributed by atoms with E-state index in [9.17, 15) is 4.79 Å². The van der Waals surface area contributed by atoms with Gasteiger partial charge in [0.15, 0.2) is 5.82 Å². The highest BCUT2D eigenvalue weighted by Crippen LogP contribution is 2.09. The number of aromatic nitrogens is 2. The standard InChI is InChI=1S/C22H24N4O/c1-17-9-11-19(12-10-17)16-22(27)24-21-14-13-20(25-26-21)23-15-5-8-18-6-3-2-4-7-18/h2-4,6-7,9-14H,5,8,15-16H2,1H3,(H,23,25)(H,24,26,27). The van der Waals surface area contributed by atoms with Crippen LogP contribution in [0.15, 0.2) is 66.7 Å². The molecule has 3 rings (SSSR count). The van der Waals surface area contributed by atoms with Gasteiger partial charge < -0.3 is 10.6 Å². The Morgan fingerprint density at radius 2 is 1.56 bits per heavy atom. The zero-order valence-corrected chi connectivity index (χ0v) is 15.5. The van der Waals surface area contributed by atoms with Crippen molar-refractivity contribution < 1.29 is 4.79 Å². The van der Waals surface area contributed by atoms with Crippen molar-refractivity contribution in [2.45, 2.75) is 26.2 Å².